The number of rotatable bonds is 0. The summed E-state index contributed by atoms with van der Waals surface area (Å²) >= 11 is 0. The summed E-state index contributed by atoms with van der Waals surface area (Å²) in [4.78, 5) is 0. The van der Waals surface area contributed by atoms with Crippen LogP contribution < -0.4 is 0 Å². The molecular formula is C14H14O2. The number of hydrogen-bond acceptors (Lipinski definition) is 2. The van der Waals surface area contributed by atoms with Gasteiger partial charge in [-0.1, -0.05) is 30.3 Å². The lowest BCUT2D eigenvalue weighted by atomic mass is 9.85. The predicted molar refractivity (Wildman–Crippen MR) is 63.0 cm³/mol. The van der Waals surface area contributed by atoms with Crippen molar-refractivity contribution in [2.24, 2.45) is 0 Å². The van der Waals surface area contributed by atoms with Crippen molar-refractivity contribution >= 4 is 10.8 Å². The third-order valence-electron chi connectivity index (χ3n) is 3.37. The summed E-state index contributed by atoms with van der Waals surface area (Å²) in [6, 6.07) is 12.0. The third-order valence-corrected chi connectivity index (χ3v) is 3.37. The second-order valence-electron chi connectivity index (χ2n) is 4.53. The van der Waals surface area contributed by atoms with Gasteiger partial charge in [0.25, 0.3) is 0 Å². The van der Waals surface area contributed by atoms with E-state index in [2.05, 4.69) is 12.1 Å². The van der Waals surface area contributed by atoms with Gasteiger partial charge in [0, 0.05) is 12.0 Å². The lowest BCUT2D eigenvalue weighted by Gasteiger charge is -2.29. The van der Waals surface area contributed by atoms with E-state index in [1.165, 1.54) is 5.39 Å². The van der Waals surface area contributed by atoms with Crippen LogP contribution in [0.4, 0.5) is 0 Å². The standard InChI is InChI=1S/C14H14O2/c15-14(16)7-3-6-12-8-10-4-1-2-5-11(10)9-13(12)14/h1-2,4-5,8-9,15-16H,3,6-7H2. The van der Waals surface area contributed by atoms with Crippen molar-refractivity contribution in [2.45, 2.75) is 25.0 Å². The SMILES string of the molecule is OC1(O)CCCc2cc3ccccc3cc21. The minimum atomic E-state index is -1.64. The Kier molecular flexibility index (Phi) is 2.03. The number of aryl methyl sites for hydroxylation is 1. The van der Waals surface area contributed by atoms with E-state index in [9.17, 15) is 10.2 Å². The van der Waals surface area contributed by atoms with E-state index < -0.39 is 5.79 Å². The summed E-state index contributed by atoms with van der Waals surface area (Å²) in [7, 11) is 0. The molecule has 0 unspecified atom stereocenters. The first-order valence-corrected chi connectivity index (χ1v) is 5.64. The lowest BCUT2D eigenvalue weighted by Crippen LogP contribution is -2.29. The predicted octanol–water partition coefficient (Wildman–Crippen LogP) is 2.31. The van der Waals surface area contributed by atoms with Crippen molar-refractivity contribution < 1.29 is 10.2 Å². The van der Waals surface area contributed by atoms with E-state index >= 15 is 0 Å². The molecule has 0 radical (unpaired) electrons. The van der Waals surface area contributed by atoms with Gasteiger partial charge in [-0.05, 0) is 35.2 Å². The molecule has 2 N–H and O–H groups in total. The van der Waals surface area contributed by atoms with Crippen LogP contribution in [0.15, 0.2) is 36.4 Å². The second kappa shape index (κ2) is 3.30. The Morgan fingerprint density at radius 1 is 1.00 bits per heavy atom. The normalized spacial score (nSPS) is 18.4. The molecular weight excluding hydrogens is 200 g/mol. The molecule has 3 rings (SSSR count). The van der Waals surface area contributed by atoms with Crippen LogP contribution in [0.25, 0.3) is 10.8 Å². The Morgan fingerprint density at radius 3 is 2.44 bits per heavy atom. The highest BCUT2D eigenvalue weighted by molar-refractivity contribution is 5.84. The van der Waals surface area contributed by atoms with Gasteiger partial charge in [0.15, 0.2) is 5.79 Å². The molecule has 0 bridgehead atoms. The lowest BCUT2D eigenvalue weighted by molar-refractivity contribution is -0.179. The first-order chi connectivity index (χ1) is 7.67. The van der Waals surface area contributed by atoms with Crippen LogP contribution in [0.3, 0.4) is 0 Å². The van der Waals surface area contributed by atoms with E-state index in [4.69, 9.17) is 0 Å². The maximum Gasteiger partial charge on any atom is 0.190 e. The summed E-state index contributed by atoms with van der Waals surface area (Å²) in [5, 5.41) is 22.1. The van der Waals surface area contributed by atoms with Crippen LogP contribution in [0.5, 0.6) is 0 Å². The Balaban J connectivity index is 2.30. The Labute approximate surface area is 94.2 Å². The smallest absolute Gasteiger partial charge is 0.190 e. The average Bonchev–Trinajstić information content (AvgIpc) is 2.27. The number of hydrogen-bond donors (Lipinski definition) is 2. The molecule has 0 saturated heterocycles. The van der Waals surface area contributed by atoms with Crippen LogP contribution in [0, 0.1) is 0 Å². The van der Waals surface area contributed by atoms with Crippen LogP contribution in [0.1, 0.15) is 24.0 Å². The van der Waals surface area contributed by atoms with Gasteiger partial charge in [0.2, 0.25) is 0 Å². The Morgan fingerprint density at radius 2 is 1.69 bits per heavy atom. The van der Waals surface area contributed by atoms with Crippen LogP contribution >= 0.6 is 0 Å². The zero-order valence-corrected chi connectivity index (χ0v) is 8.98. The Bertz CT molecular complexity index is 543. The highest BCUT2D eigenvalue weighted by Gasteiger charge is 2.31. The summed E-state index contributed by atoms with van der Waals surface area (Å²) in [6.45, 7) is 0. The molecule has 0 heterocycles. The molecule has 0 fully saturated rings. The zero-order valence-electron chi connectivity index (χ0n) is 8.98. The fourth-order valence-corrected chi connectivity index (χ4v) is 2.53. The van der Waals surface area contributed by atoms with Gasteiger partial charge in [0.05, 0.1) is 0 Å². The second-order valence-corrected chi connectivity index (χ2v) is 4.53. The van der Waals surface area contributed by atoms with Gasteiger partial charge in [-0.3, -0.25) is 0 Å². The maximum atomic E-state index is 9.94. The first kappa shape index (κ1) is 9.82. The highest BCUT2D eigenvalue weighted by Crippen LogP contribution is 2.35. The van der Waals surface area contributed by atoms with E-state index in [1.807, 2.05) is 24.3 Å². The minimum Gasteiger partial charge on any atom is -0.362 e. The molecule has 2 heteroatoms. The van der Waals surface area contributed by atoms with Crippen molar-refractivity contribution in [1.82, 2.24) is 0 Å². The van der Waals surface area contributed by atoms with Crippen molar-refractivity contribution in [3.8, 4) is 0 Å². The van der Waals surface area contributed by atoms with Crippen LogP contribution in [-0.4, -0.2) is 10.2 Å². The molecule has 0 spiro atoms. The van der Waals surface area contributed by atoms with E-state index in [0.717, 1.165) is 23.8 Å². The van der Waals surface area contributed by atoms with Crippen molar-refractivity contribution in [1.29, 1.82) is 0 Å². The topological polar surface area (TPSA) is 40.5 Å². The average molecular weight is 214 g/mol. The van der Waals surface area contributed by atoms with Gasteiger partial charge in [-0.25, -0.2) is 0 Å². The fourth-order valence-electron chi connectivity index (χ4n) is 2.53. The van der Waals surface area contributed by atoms with Gasteiger partial charge in [0.1, 0.15) is 0 Å². The third kappa shape index (κ3) is 1.42. The molecule has 0 atom stereocenters. The van der Waals surface area contributed by atoms with E-state index in [1.54, 1.807) is 0 Å². The molecule has 1 aliphatic rings. The summed E-state index contributed by atoms with van der Waals surface area (Å²) in [5.74, 6) is -1.64. The zero-order chi connectivity index (χ0) is 11.2. The molecule has 0 saturated carbocycles. The molecule has 2 nitrogen and oxygen atoms in total. The number of fused-ring (bicyclic) bond motifs is 2. The largest absolute Gasteiger partial charge is 0.362 e. The molecule has 0 aromatic heterocycles. The maximum absolute atomic E-state index is 9.94. The van der Waals surface area contributed by atoms with E-state index in [-0.39, 0.29) is 0 Å². The summed E-state index contributed by atoms with van der Waals surface area (Å²) in [5.41, 5.74) is 1.74. The minimum absolute atomic E-state index is 0.429. The van der Waals surface area contributed by atoms with Crippen LogP contribution in [-0.2, 0) is 12.2 Å². The van der Waals surface area contributed by atoms with Crippen LogP contribution in [0.2, 0.25) is 0 Å². The summed E-state index contributed by atoms with van der Waals surface area (Å²) in [6.07, 6.45) is 2.19. The highest BCUT2D eigenvalue weighted by atomic mass is 16.5. The molecule has 2 aromatic rings. The van der Waals surface area contributed by atoms with Gasteiger partial charge in [-0.15, -0.1) is 0 Å². The molecule has 0 amide bonds. The summed E-state index contributed by atoms with van der Waals surface area (Å²) < 4.78 is 0. The number of benzene rings is 2. The van der Waals surface area contributed by atoms with Crippen molar-refractivity contribution in [2.75, 3.05) is 0 Å². The van der Waals surface area contributed by atoms with Gasteiger partial charge in [-0.2, -0.15) is 0 Å². The van der Waals surface area contributed by atoms with Crippen molar-refractivity contribution in [3.05, 3.63) is 47.5 Å². The molecule has 0 aliphatic heterocycles. The molecule has 2 aromatic carbocycles. The van der Waals surface area contributed by atoms with Crippen molar-refractivity contribution in [3.63, 3.8) is 0 Å². The first-order valence-electron chi connectivity index (χ1n) is 5.64. The Hall–Kier alpha value is -1.38. The van der Waals surface area contributed by atoms with Gasteiger partial charge < -0.3 is 10.2 Å². The number of aliphatic hydroxyl groups is 2. The monoisotopic (exact) mass is 214 g/mol. The fraction of sp³-hybridized carbons (Fsp3) is 0.286. The molecule has 16 heavy (non-hydrogen) atoms. The molecule has 1 aliphatic carbocycles. The quantitative estimate of drug-likeness (QED) is 0.661. The van der Waals surface area contributed by atoms with E-state index in [0.29, 0.717) is 12.0 Å². The molecule has 82 valence electrons. The van der Waals surface area contributed by atoms with Gasteiger partial charge >= 0.3 is 0 Å².